The number of ether oxygens (including phenoxy) is 2. The molecule has 0 aromatic heterocycles. The van der Waals surface area contributed by atoms with E-state index in [9.17, 15) is 19.0 Å². The van der Waals surface area contributed by atoms with Gasteiger partial charge in [-0.1, -0.05) is 13.8 Å². The first kappa shape index (κ1) is 26.2. The summed E-state index contributed by atoms with van der Waals surface area (Å²) in [6.45, 7) is 1.32. The van der Waals surface area contributed by atoms with Gasteiger partial charge in [0.05, 0.1) is 13.2 Å². The standard InChI is InChI=1S/C12H23O10P.Na/c1-3-5-11(15)21-9(7-19-10(14)4-2)8-20-23(17,18)22-12(16)6-13;/h9,12-13,16H,3-8H2,1-2H3,(H,17,18);/q;+1/p-1/t9-,12?;/m1./s1. The van der Waals surface area contributed by atoms with Crippen molar-refractivity contribution < 1.29 is 77.3 Å². The fraction of sp³-hybridized carbons (Fsp3) is 0.833. The molecule has 0 rings (SSSR count). The van der Waals surface area contributed by atoms with Gasteiger partial charge in [-0.3, -0.25) is 18.7 Å². The molecule has 0 spiro atoms. The molecule has 0 aliphatic carbocycles. The van der Waals surface area contributed by atoms with Gasteiger partial charge in [0, 0.05) is 12.8 Å². The van der Waals surface area contributed by atoms with Gasteiger partial charge < -0.3 is 29.1 Å². The van der Waals surface area contributed by atoms with Crippen LogP contribution >= 0.6 is 7.82 Å². The maximum absolute atomic E-state index is 11.4. The number of phosphoric ester groups is 1. The van der Waals surface area contributed by atoms with Gasteiger partial charge in [-0.15, -0.1) is 0 Å². The third kappa shape index (κ3) is 13.3. The van der Waals surface area contributed by atoms with Crippen molar-refractivity contribution in [3.05, 3.63) is 0 Å². The van der Waals surface area contributed by atoms with Crippen molar-refractivity contribution in [2.75, 3.05) is 19.8 Å². The molecule has 0 aliphatic rings. The van der Waals surface area contributed by atoms with Gasteiger partial charge >= 0.3 is 41.5 Å². The smallest absolute Gasteiger partial charge is 0.756 e. The van der Waals surface area contributed by atoms with Crippen molar-refractivity contribution in [1.29, 1.82) is 0 Å². The number of esters is 2. The maximum Gasteiger partial charge on any atom is 1.00 e. The number of hydrogen-bond acceptors (Lipinski definition) is 10. The summed E-state index contributed by atoms with van der Waals surface area (Å²) in [5, 5.41) is 17.4. The second-order valence-electron chi connectivity index (χ2n) is 4.38. The van der Waals surface area contributed by atoms with Crippen molar-refractivity contribution in [3.8, 4) is 0 Å². The Bertz CT molecular complexity index is 419. The Labute approximate surface area is 162 Å². The molecule has 136 valence electrons. The first-order valence-corrected chi connectivity index (χ1v) is 8.48. The molecule has 0 saturated heterocycles. The van der Waals surface area contributed by atoms with E-state index in [4.69, 9.17) is 19.7 Å². The summed E-state index contributed by atoms with van der Waals surface area (Å²) >= 11 is 0. The molecule has 3 atom stereocenters. The molecule has 0 aromatic rings. The van der Waals surface area contributed by atoms with Crippen LogP contribution in [0.3, 0.4) is 0 Å². The van der Waals surface area contributed by atoms with E-state index in [2.05, 4.69) is 9.05 Å². The van der Waals surface area contributed by atoms with Crippen LogP contribution < -0.4 is 34.5 Å². The minimum absolute atomic E-state index is 0. The van der Waals surface area contributed by atoms with Crippen molar-refractivity contribution in [2.24, 2.45) is 0 Å². The summed E-state index contributed by atoms with van der Waals surface area (Å²) in [4.78, 5) is 33.9. The van der Waals surface area contributed by atoms with E-state index in [1.807, 2.05) is 0 Å². The molecule has 12 heteroatoms. The average molecular weight is 380 g/mol. The predicted octanol–water partition coefficient (Wildman–Crippen LogP) is -3.53. The molecule has 0 aliphatic heterocycles. The summed E-state index contributed by atoms with van der Waals surface area (Å²) in [5.41, 5.74) is 0. The molecular weight excluding hydrogens is 358 g/mol. The Morgan fingerprint density at radius 1 is 1.21 bits per heavy atom. The zero-order chi connectivity index (χ0) is 17.9. The first-order valence-electron chi connectivity index (χ1n) is 7.02. The fourth-order valence-corrected chi connectivity index (χ4v) is 2.01. The number of rotatable bonds is 12. The van der Waals surface area contributed by atoms with Crippen LogP contribution in [0.25, 0.3) is 0 Å². The molecule has 0 bridgehead atoms. The van der Waals surface area contributed by atoms with E-state index >= 15 is 0 Å². The minimum atomic E-state index is -4.92. The van der Waals surface area contributed by atoms with E-state index in [1.54, 1.807) is 13.8 Å². The van der Waals surface area contributed by atoms with E-state index in [0.717, 1.165) is 0 Å². The Morgan fingerprint density at radius 2 is 1.83 bits per heavy atom. The van der Waals surface area contributed by atoms with Crippen LogP contribution in [0.5, 0.6) is 0 Å². The second-order valence-corrected chi connectivity index (χ2v) is 5.75. The van der Waals surface area contributed by atoms with E-state index < -0.39 is 45.4 Å². The summed E-state index contributed by atoms with van der Waals surface area (Å²) < 4.78 is 29.6. The second kappa shape index (κ2) is 14.2. The van der Waals surface area contributed by atoms with Crippen molar-refractivity contribution in [3.63, 3.8) is 0 Å². The molecular formula is C12H22NaO10P. The fourth-order valence-electron chi connectivity index (χ4n) is 1.24. The van der Waals surface area contributed by atoms with Crippen LogP contribution in [0.1, 0.15) is 33.1 Å². The van der Waals surface area contributed by atoms with Crippen LogP contribution in [-0.4, -0.2) is 54.4 Å². The molecule has 0 aromatic carbocycles. The van der Waals surface area contributed by atoms with Crippen LogP contribution in [0.2, 0.25) is 0 Å². The first-order chi connectivity index (χ1) is 10.7. The van der Waals surface area contributed by atoms with Gasteiger partial charge in [-0.2, -0.15) is 0 Å². The third-order valence-corrected chi connectivity index (χ3v) is 3.26. The monoisotopic (exact) mass is 380 g/mol. The van der Waals surface area contributed by atoms with Crippen LogP contribution in [-0.2, 0) is 32.7 Å². The van der Waals surface area contributed by atoms with Crippen LogP contribution in [0, 0.1) is 0 Å². The van der Waals surface area contributed by atoms with E-state index in [1.165, 1.54) is 0 Å². The molecule has 0 heterocycles. The molecule has 10 nitrogen and oxygen atoms in total. The van der Waals surface area contributed by atoms with Gasteiger partial charge in [0.2, 0.25) is 0 Å². The average Bonchev–Trinajstić information content (AvgIpc) is 2.49. The number of phosphoric acid groups is 1. The van der Waals surface area contributed by atoms with Gasteiger partial charge in [0.15, 0.2) is 12.4 Å². The quantitative estimate of drug-likeness (QED) is 0.151. The molecule has 0 saturated carbocycles. The van der Waals surface area contributed by atoms with E-state index in [-0.39, 0.29) is 49.0 Å². The van der Waals surface area contributed by atoms with Crippen molar-refractivity contribution in [2.45, 2.75) is 45.5 Å². The molecule has 0 amide bonds. The SMILES string of the molecule is CCCC(=O)O[C@H](COC(=O)CC)COP(=O)([O-])OC(O)CO.[Na+]. The Morgan fingerprint density at radius 3 is 2.33 bits per heavy atom. The zero-order valence-corrected chi connectivity index (χ0v) is 16.9. The number of carbonyl (C=O) groups excluding carboxylic acids is 2. The molecule has 0 fully saturated rings. The predicted molar refractivity (Wildman–Crippen MR) is 73.8 cm³/mol. The van der Waals surface area contributed by atoms with Gasteiger partial charge in [-0.25, -0.2) is 0 Å². The topological polar surface area (TPSA) is 152 Å². The third-order valence-electron chi connectivity index (χ3n) is 2.30. The van der Waals surface area contributed by atoms with Crippen LogP contribution in [0.15, 0.2) is 0 Å². The summed E-state index contributed by atoms with van der Waals surface area (Å²) in [6.07, 6.45) is -2.39. The van der Waals surface area contributed by atoms with Crippen molar-refractivity contribution >= 4 is 19.8 Å². The number of hydrogen-bond donors (Lipinski definition) is 2. The Hall–Kier alpha value is -0.0300. The normalized spacial score (nSPS) is 15.5. The van der Waals surface area contributed by atoms with Gasteiger partial charge in [-0.05, 0) is 6.42 Å². The number of carbonyl (C=O) groups is 2. The van der Waals surface area contributed by atoms with Crippen molar-refractivity contribution in [1.82, 2.24) is 0 Å². The van der Waals surface area contributed by atoms with E-state index in [0.29, 0.717) is 6.42 Å². The molecule has 0 radical (unpaired) electrons. The molecule has 2 N–H and O–H groups in total. The maximum atomic E-state index is 11.4. The van der Waals surface area contributed by atoms with Gasteiger partial charge in [0.1, 0.15) is 6.61 Å². The Balaban J connectivity index is 0. The summed E-state index contributed by atoms with van der Waals surface area (Å²) in [6, 6.07) is 0. The number of aliphatic hydroxyl groups is 2. The summed E-state index contributed by atoms with van der Waals surface area (Å²) in [5.74, 6) is -1.16. The van der Waals surface area contributed by atoms with Crippen LogP contribution in [0.4, 0.5) is 0 Å². The largest absolute Gasteiger partial charge is 1.00 e. The number of aliphatic hydroxyl groups excluding tert-OH is 2. The van der Waals surface area contributed by atoms with Gasteiger partial charge in [0.25, 0.3) is 7.82 Å². The molecule has 24 heavy (non-hydrogen) atoms. The Kier molecular flexibility index (Phi) is 15.5. The zero-order valence-electron chi connectivity index (χ0n) is 14.0. The minimum Gasteiger partial charge on any atom is -0.756 e. The summed E-state index contributed by atoms with van der Waals surface area (Å²) in [7, 11) is -4.92. The molecule has 2 unspecified atom stereocenters.